The number of nitrogens with zero attached hydrogens (tertiary/aromatic N) is 3. The van der Waals surface area contributed by atoms with Gasteiger partial charge < -0.3 is 14.8 Å². The summed E-state index contributed by atoms with van der Waals surface area (Å²) in [6, 6.07) is 0. The average molecular weight is 322 g/mol. The van der Waals surface area contributed by atoms with Gasteiger partial charge >= 0.3 is 0 Å². The molecule has 2 aromatic rings. The minimum absolute atomic E-state index is 0.610. The summed E-state index contributed by atoms with van der Waals surface area (Å²) in [5, 5.41) is 8.67. The fraction of sp³-hybridized carbons (Fsp3) is 0.600. The largest absolute Gasteiger partial charge is 0.383 e. The van der Waals surface area contributed by atoms with Crippen LogP contribution in [-0.2, 0) is 22.6 Å². The Morgan fingerprint density at radius 3 is 3.09 bits per heavy atom. The number of ether oxygens (including phenoxy) is 2. The molecule has 1 aliphatic heterocycles. The van der Waals surface area contributed by atoms with Crippen LogP contribution in [0.1, 0.15) is 29.2 Å². The van der Waals surface area contributed by atoms with E-state index >= 15 is 0 Å². The molecule has 1 saturated heterocycles. The van der Waals surface area contributed by atoms with Crippen LogP contribution in [0.5, 0.6) is 0 Å². The summed E-state index contributed by atoms with van der Waals surface area (Å²) >= 11 is 1.75. The maximum Gasteiger partial charge on any atom is 0.183 e. The van der Waals surface area contributed by atoms with E-state index < -0.39 is 0 Å². The van der Waals surface area contributed by atoms with Gasteiger partial charge in [-0.05, 0) is 18.8 Å². The lowest BCUT2D eigenvalue weighted by Crippen LogP contribution is -2.12. The van der Waals surface area contributed by atoms with Crippen LogP contribution in [0.2, 0.25) is 0 Å². The molecule has 3 rings (SSSR count). The molecular weight excluding hydrogens is 300 g/mol. The highest BCUT2D eigenvalue weighted by molar-refractivity contribution is 7.15. The Morgan fingerprint density at radius 2 is 2.27 bits per heavy atom. The number of nitrogens with one attached hydrogen (secondary N) is 1. The molecule has 1 aliphatic rings. The third-order valence-electron chi connectivity index (χ3n) is 3.80. The lowest BCUT2D eigenvalue weighted by Gasteiger charge is -2.20. The molecule has 0 saturated carbocycles. The van der Waals surface area contributed by atoms with Crippen molar-refractivity contribution in [2.75, 3.05) is 32.2 Å². The van der Waals surface area contributed by atoms with Crippen molar-refractivity contribution in [3.05, 3.63) is 29.0 Å². The van der Waals surface area contributed by atoms with Gasteiger partial charge in [-0.3, -0.25) is 4.68 Å². The maximum absolute atomic E-state index is 5.41. The van der Waals surface area contributed by atoms with Crippen molar-refractivity contribution in [1.82, 2.24) is 14.8 Å². The van der Waals surface area contributed by atoms with Gasteiger partial charge in [0, 0.05) is 49.7 Å². The Kier molecular flexibility index (Phi) is 5.42. The van der Waals surface area contributed by atoms with Gasteiger partial charge in [0.15, 0.2) is 5.13 Å². The van der Waals surface area contributed by atoms with Crippen molar-refractivity contribution in [2.45, 2.75) is 31.8 Å². The van der Waals surface area contributed by atoms with Gasteiger partial charge in [0.25, 0.3) is 0 Å². The van der Waals surface area contributed by atoms with Crippen molar-refractivity contribution in [3.63, 3.8) is 0 Å². The van der Waals surface area contributed by atoms with Gasteiger partial charge in [-0.1, -0.05) is 0 Å². The first-order valence-electron chi connectivity index (χ1n) is 7.63. The predicted molar refractivity (Wildman–Crippen MR) is 86.3 cm³/mol. The van der Waals surface area contributed by atoms with Crippen molar-refractivity contribution >= 4 is 16.5 Å². The number of thiazole rings is 1. The van der Waals surface area contributed by atoms with Gasteiger partial charge in [0.05, 0.1) is 19.3 Å². The Labute approximate surface area is 134 Å². The normalized spacial score (nSPS) is 16.0. The molecule has 6 nitrogen and oxygen atoms in total. The van der Waals surface area contributed by atoms with E-state index in [2.05, 4.69) is 15.4 Å². The van der Waals surface area contributed by atoms with E-state index in [1.165, 1.54) is 4.88 Å². The van der Waals surface area contributed by atoms with E-state index in [0.29, 0.717) is 12.5 Å². The van der Waals surface area contributed by atoms with Gasteiger partial charge in [0.2, 0.25) is 0 Å². The molecule has 120 valence electrons. The fourth-order valence-electron chi connectivity index (χ4n) is 2.52. The van der Waals surface area contributed by atoms with E-state index in [1.54, 1.807) is 18.4 Å². The van der Waals surface area contributed by atoms with E-state index in [0.717, 1.165) is 49.8 Å². The van der Waals surface area contributed by atoms with Crippen molar-refractivity contribution in [1.29, 1.82) is 0 Å². The van der Waals surface area contributed by atoms with Crippen LogP contribution in [0.4, 0.5) is 5.13 Å². The summed E-state index contributed by atoms with van der Waals surface area (Å²) < 4.78 is 12.4. The third kappa shape index (κ3) is 4.06. The molecule has 0 unspecified atom stereocenters. The number of hydrogen-bond acceptors (Lipinski definition) is 6. The second-order valence-corrected chi connectivity index (χ2v) is 6.47. The summed E-state index contributed by atoms with van der Waals surface area (Å²) in [4.78, 5) is 5.84. The van der Waals surface area contributed by atoms with Crippen LogP contribution in [0.15, 0.2) is 18.6 Å². The number of aromatic nitrogens is 3. The average Bonchev–Trinajstić information content (AvgIpc) is 3.21. The number of hydrogen-bond donors (Lipinski definition) is 1. The molecule has 0 bridgehead atoms. The third-order valence-corrected chi connectivity index (χ3v) is 4.92. The molecule has 1 fully saturated rings. The van der Waals surface area contributed by atoms with Crippen molar-refractivity contribution in [3.8, 4) is 0 Å². The quantitative estimate of drug-likeness (QED) is 0.848. The van der Waals surface area contributed by atoms with E-state index in [1.807, 2.05) is 23.3 Å². The monoisotopic (exact) mass is 322 g/mol. The summed E-state index contributed by atoms with van der Waals surface area (Å²) in [6.07, 6.45) is 8.14. The molecule has 3 heterocycles. The topological polar surface area (TPSA) is 61.2 Å². The summed E-state index contributed by atoms with van der Waals surface area (Å²) in [6.45, 7) is 3.93. The van der Waals surface area contributed by atoms with Crippen LogP contribution < -0.4 is 5.32 Å². The second-order valence-electron chi connectivity index (χ2n) is 5.41. The lowest BCUT2D eigenvalue weighted by atomic mass is 9.99. The van der Waals surface area contributed by atoms with E-state index in [-0.39, 0.29) is 0 Å². The molecule has 0 aliphatic carbocycles. The number of methoxy groups -OCH3 is 1. The zero-order valence-electron chi connectivity index (χ0n) is 12.8. The van der Waals surface area contributed by atoms with Gasteiger partial charge in [-0.25, -0.2) is 4.98 Å². The smallest absolute Gasteiger partial charge is 0.183 e. The molecule has 0 spiro atoms. The Hall–Kier alpha value is -1.44. The highest BCUT2D eigenvalue weighted by Gasteiger charge is 2.18. The highest BCUT2D eigenvalue weighted by Crippen LogP contribution is 2.32. The van der Waals surface area contributed by atoms with Crippen LogP contribution in [-0.4, -0.2) is 41.7 Å². The van der Waals surface area contributed by atoms with Crippen LogP contribution in [0, 0.1) is 0 Å². The first-order chi connectivity index (χ1) is 10.8. The summed E-state index contributed by atoms with van der Waals surface area (Å²) in [5.74, 6) is 0.610. The Balaban J connectivity index is 1.51. The molecule has 1 N–H and O–H groups in total. The zero-order chi connectivity index (χ0) is 15.2. The first-order valence-corrected chi connectivity index (χ1v) is 8.44. The summed E-state index contributed by atoms with van der Waals surface area (Å²) in [7, 11) is 1.70. The number of rotatable bonds is 7. The maximum atomic E-state index is 5.41. The van der Waals surface area contributed by atoms with E-state index in [4.69, 9.17) is 9.47 Å². The van der Waals surface area contributed by atoms with Crippen molar-refractivity contribution in [2.24, 2.45) is 0 Å². The van der Waals surface area contributed by atoms with Crippen LogP contribution in [0.3, 0.4) is 0 Å². The van der Waals surface area contributed by atoms with Gasteiger partial charge in [-0.15, -0.1) is 11.3 Å². The standard InChI is InChI=1S/C15H22N4O2S/c1-20-7-4-19-11-12(9-18-19)8-16-15-17-10-14(22-15)13-2-5-21-6-3-13/h9-11,13H,2-8H2,1H3,(H,16,17). The van der Waals surface area contributed by atoms with E-state index in [9.17, 15) is 0 Å². The lowest BCUT2D eigenvalue weighted by molar-refractivity contribution is 0.0860. The first kappa shape index (κ1) is 15.5. The van der Waals surface area contributed by atoms with Crippen LogP contribution in [0.25, 0.3) is 0 Å². The molecule has 0 amide bonds. The molecular formula is C15H22N4O2S. The number of anilines is 1. The Bertz CT molecular complexity index is 578. The van der Waals surface area contributed by atoms with Crippen LogP contribution >= 0.6 is 11.3 Å². The van der Waals surface area contributed by atoms with Crippen molar-refractivity contribution < 1.29 is 9.47 Å². The minimum Gasteiger partial charge on any atom is -0.383 e. The molecule has 2 aromatic heterocycles. The SMILES string of the molecule is COCCn1cc(CNc2ncc(C3CCOCC3)s2)cn1. The van der Waals surface area contributed by atoms with Gasteiger partial charge in [0.1, 0.15) is 0 Å². The molecule has 0 radical (unpaired) electrons. The molecule has 7 heteroatoms. The van der Waals surface area contributed by atoms with Gasteiger partial charge in [-0.2, -0.15) is 5.10 Å². The Morgan fingerprint density at radius 1 is 1.41 bits per heavy atom. The second kappa shape index (κ2) is 7.71. The minimum atomic E-state index is 0.610. The fourth-order valence-corrected chi connectivity index (χ4v) is 3.50. The predicted octanol–water partition coefficient (Wildman–Crippen LogP) is 2.49. The molecule has 22 heavy (non-hydrogen) atoms. The zero-order valence-corrected chi connectivity index (χ0v) is 13.6. The highest BCUT2D eigenvalue weighted by atomic mass is 32.1. The molecule has 0 atom stereocenters. The summed E-state index contributed by atoms with van der Waals surface area (Å²) in [5.41, 5.74) is 1.15. The molecule has 0 aromatic carbocycles.